The minimum atomic E-state index is -0.977. The lowest BCUT2D eigenvalue weighted by atomic mass is 9.96. The Bertz CT molecular complexity index is 1310. The second-order valence-electron chi connectivity index (χ2n) is 10.9. The number of hydrogen-bond acceptors (Lipinski definition) is 6. The molecule has 0 saturated carbocycles. The standard InChI is InChI=1S/C32H42N4O5/c1-8-21(3)23-10-14-25(15-11-23)36(29(38)19-18-28(37)33-27-20-22(4)41-35-27)30(31(39)34-32(5,6)9-2)24-12-16-26(40-7)17-13-24/h10-17,20-21,30H,8-9,18-19H2,1-7H3,(H,34,39)(H,33,35,37)/t21-,30-/m0/s1. The van der Waals surface area contributed by atoms with Crippen molar-refractivity contribution in [3.63, 3.8) is 0 Å². The van der Waals surface area contributed by atoms with Crippen LogP contribution in [0.2, 0.25) is 0 Å². The summed E-state index contributed by atoms with van der Waals surface area (Å²) in [5.74, 6) is 0.778. The van der Waals surface area contributed by atoms with E-state index in [9.17, 15) is 14.4 Å². The summed E-state index contributed by atoms with van der Waals surface area (Å²) in [6.45, 7) is 11.9. The molecule has 0 spiro atoms. The average molecular weight is 563 g/mol. The Kier molecular flexibility index (Phi) is 10.7. The maximum atomic E-state index is 14.0. The van der Waals surface area contributed by atoms with E-state index in [0.717, 1.165) is 12.0 Å². The van der Waals surface area contributed by atoms with Gasteiger partial charge in [0.05, 0.1) is 7.11 Å². The fraction of sp³-hybridized carbons (Fsp3) is 0.438. The van der Waals surface area contributed by atoms with Crippen LogP contribution in [0.1, 0.15) is 89.1 Å². The molecule has 0 unspecified atom stereocenters. The number of aryl methyl sites for hydroxylation is 1. The molecule has 41 heavy (non-hydrogen) atoms. The zero-order valence-electron chi connectivity index (χ0n) is 25.1. The predicted molar refractivity (Wildman–Crippen MR) is 160 cm³/mol. The van der Waals surface area contributed by atoms with Crippen molar-refractivity contribution in [3.8, 4) is 5.75 Å². The van der Waals surface area contributed by atoms with Gasteiger partial charge in [0.2, 0.25) is 17.7 Å². The number of nitrogens with zero attached hydrogens (tertiary/aromatic N) is 2. The number of nitrogens with one attached hydrogen (secondary N) is 2. The van der Waals surface area contributed by atoms with Crippen LogP contribution in [0.4, 0.5) is 11.5 Å². The van der Waals surface area contributed by atoms with Gasteiger partial charge in [-0.15, -0.1) is 0 Å². The van der Waals surface area contributed by atoms with Crippen molar-refractivity contribution in [2.75, 3.05) is 17.3 Å². The molecule has 0 aliphatic rings. The number of ether oxygens (including phenoxy) is 1. The van der Waals surface area contributed by atoms with Gasteiger partial charge in [-0.3, -0.25) is 19.3 Å². The van der Waals surface area contributed by atoms with Gasteiger partial charge in [0.25, 0.3) is 0 Å². The van der Waals surface area contributed by atoms with E-state index in [-0.39, 0.29) is 36.4 Å². The number of aromatic nitrogens is 1. The lowest BCUT2D eigenvalue weighted by Crippen LogP contribution is -2.50. The molecule has 9 nitrogen and oxygen atoms in total. The number of carbonyl (C=O) groups excluding carboxylic acids is 3. The Labute approximate surface area is 242 Å². The van der Waals surface area contributed by atoms with Gasteiger partial charge in [0.15, 0.2) is 5.82 Å². The molecule has 2 N–H and O–H groups in total. The van der Waals surface area contributed by atoms with Gasteiger partial charge in [0, 0.05) is 30.1 Å². The van der Waals surface area contributed by atoms with E-state index < -0.39 is 11.6 Å². The van der Waals surface area contributed by atoms with Gasteiger partial charge < -0.3 is 19.9 Å². The summed E-state index contributed by atoms with van der Waals surface area (Å²) in [5.41, 5.74) is 1.84. The van der Waals surface area contributed by atoms with Crippen molar-refractivity contribution >= 4 is 29.2 Å². The molecular formula is C32H42N4O5. The molecule has 0 radical (unpaired) electrons. The summed E-state index contributed by atoms with van der Waals surface area (Å²) in [6, 6.07) is 15.4. The highest BCUT2D eigenvalue weighted by atomic mass is 16.5. The lowest BCUT2D eigenvalue weighted by molar-refractivity contribution is -0.128. The monoisotopic (exact) mass is 562 g/mol. The number of amides is 3. The Hall–Kier alpha value is -4.14. The number of hydrogen-bond donors (Lipinski definition) is 2. The van der Waals surface area contributed by atoms with Crippen LogP contribution in [0.3, 0.4) is 0 Å². The Morgan fingerprint density at radius 2 is 1.63 bits per heavy atom. The van der Waals surface area contributed by atoms with E-state index in [1.165, 1.54) is 4.90 Å². The summed E-state index contributed by atoms with van der Waals surface area (Å²) in [6.07, 6.45) is 1.47. The molecule has 3 aromatic rings. The van der Waals surface area contributed by atoms with E-state index in [0.29, 0.717) is 35.1 Å². The second-order valence-corrected chi connectivity index (χ2v) is 10.9. The van der Waals surface area contributed by atoms with Gasteiger partial charge >= 0.3 is 0 Å². The van der Waals surface area contributed by atoms with E-state index in [1.807, 2.05) is 45.0 Å². The van der Waals surface area contributed by atoms with Crippen LogP contribution in [0.25, 0.3) is 0 Å². The first-order chi connectivity index (χ1) is 19.5. The van der Waals surface area contributed by atoms with Crippen LogP contribution in [0, 0.1) is 6.92 Å². The Morgan fingerprint density at radius 3 is 2.17 bits per heavy atom. The third-order valence-corrected chi connectivity index (χ3v) is 7.37. The normalized spacial score (nSPS) is 12.8. The molecule has 0 saturated heterocycles. The molecule has 0 aliphatic carbocycles. The maximum Gasteiger partial charge on any atom is 0.248 e. The largest absolute Gasteiger partial charge is 0.497 e. The molecule has 3 rings (SSSR count). The van der Waals surface area contributed by atoms with E-state index in [4.69, 9.17) is 9.26 Å². The van der Waals surface area contributed by atoms with Crippen molar-refractivity contribution < 1.29 is 23.6 Å². The first-order valence-corrected chi connectivity index (χ1v) is 14.1. The third-order valence-electron chi connectivity index (χ3n) is 7.37. The zero-order valence-corrected chi connectivity index (χ0v) is 25.1. The minimum Gasteiger partial charge on any atom is -0.497 e. The van der Waals surface area contributed by atoms with Gasteiger partial charge in [-0.2, -0.15) is 0 Å². The molecule has 220 valence electrons. The first-order valence-electron chi connectivity index (χ1n) is 14.1. The van der Waals surface area contributed by atoms with Gasteiger partial charge in [-0.1, -0.05) is 50.2 Å². The van der Waals surface area contributed by atoms with Gasteiger partial charge in [-0.05, 0) is 74.9 Å². The highest BCUT2D eigenvalue weighted by Gasteiger charge is 2.35. The summed E-state index contributed by atoms with van der Waals surface area (Å²) < 4.78 is 10.3. The van der Waals surface area contributed by atoms with Crippen LogP contribution in [0.15, 0.2) is 59.1 Å². The molecule has 1 heterocycles. The topological polar surface area (TPSA) is 114 Å². The Morgan fingerprint density at radius 1 is 1.00 bits per heavy atom. The second kappa shape index (κ2) is 14.0. The molecule has 3 amide bonds. The fourth-order valence-electron chi connectivity index (χ4n) is 4.30. The van der Waals surface area contributed by atoms with Crippen LogP contribution in [-0.2, 0) is 14.4 Å². The molecule has 0 fully saturated rings. The molecule has 2 atom stereocenters. The van der Waals surface area contributed by atoms with E-state index in [2.05, 4.69) is 29.6 Å². The molecule has 0 aliphatic heterocycles. The van der Waals surface area contributed by atoms with Gasteiger partial charge in [-0.25, -0.2) is 0 Å². The summed E-state index contributed by atoms with van der Waals surface area (Å²) >= 11 is 0. The maximum absolute atomic E-state index is 14.0. The summed E-state index contributed by atoms with van der Waals surface area (Å²) in [7, 11) is 1.57. The van der Waals surface area contributed by atoms with Crippen molar-refractivity contribution in [2.45, 2.75) is 84.7 Å². The summed E-state index contributed by atoms with van der Waals surface area (Å²) in [4.78, 5) is 42.1. The third kappa shape index (κ3) is 8.42. The van der Waals surface area contributed by atoms with Crippen molar-refractivity contribution in [2.24, 2.45) is 0 Å². The number of carbonyl (C=O) groups is 3. The summed E-state index contributed by atoms with van der Waals surface area (Å²) in [5, 5.41) is 9.54. The van der Waals surface area contributed by atoms with Crippen LogP contribution in [0.5, 0.6) is 5.75 Å². The SMILES string of the molecule is CC[C@H](C)c1ccc(N(C(=O)CCC(=O)Nc2cc(C)on2)[C@H](C(=O)NC(C)(C)CC)c2ccc(OC)cc2)cc1. The van der Waals surface area contributed by atoms with E-state index in [1.54, 1.807) is 44.4 Å². The van der Waals surface area contributed by atoms with Crippen LogP contribution < -0.4 is 20.3 Å². The number of rotatable bonds is 13. The highest BCUT2D eigenvalue weighted by Crippen LogP contribution is 2.32. The fourth-order valence-corrected chi connectivity index (χ4v) is 4.30. The molecule has 2 aromatic carbocycles. The van der Waals surface area contributed by atoms with Gasteiger partial charge in [0.1, 0.15) is 17.6 Å². The zero-order chi connectivity index (χ0) is 30.2. The van der Waals surface area contributed by atoms with E-state index >= 15 is 0 Å². The molecule has 1 aromatic heterocycles. The number of methoxy groups -OCH3 is 1. The minimum absolute atomic E-state index is 0.0937. The molecule has 0 bridgehead atoms. The smallest absolute Gasteiger partial charge is 0.248 e. The Balaban J connectivity index is 2.01. The van der Waals surface area contributed by atoms with Crippen molar-refractivity contribution in [1.82, 2.24) is 10.5 Å². The number of anilines is 2. The van der Waals surface area contributed by atoms with Crippen molar-refractivity contribution in [3.05, 3.63) is 71.5 Å². The lowest BCUT2D eigenvalue weighted by Gasteiger charge is -2.35. The first kappa shape index (κ1) is 31.4. The van der Waals surface area contributed by atoms with Crippen molar-refractivity contribution in [1.29, 1.82) is 0 Å². The highest BCUT2D eigenvalue weighted by molar-refractivity contribution is 6.03. The molecule has 9 heteroatoms. The average Bonchev–Trinajstić information content (AvgIpc) is 3.38. The molecular weight excluding hydrogens is 520 g/mol. The van der Waals surface area contributed by atoms with Crippen LogP contribution in [-0.4, -0.2) is 35.5 Å². The van der Waals surface area contributed by atoms with Crippen LogP contribution >= 0.6 is 0 Å². The quantitative estimate of drug-likeness (QED) is 0.253. The predicted octanol–water partition coefficient (Wildman–Crippen LogP) is 6.30. The number of benzene rings is 2.